The van der Waals surface area contributed by atoms with Crippen LogP contribution in [0.5, 0.6) is 0 Å². The standard InChI is InChI=1S/C7H14O4S/c1-3-10-6-4-7(5-6)11-12(2,8)9/h6-7H,3-5H2,1-2H3. The van der Waals surface area contributed by atoms with Crippen molar-refractivity contribution >= 4 is 10.1 Å². The number of hydrogen-bond donors (Lipinski definition) is 0. The summed E-state index contributed by atoms with van der Waals surface area (Å²) in [5.74, 6) is 0. The van der Waals surface area contributed by atoms with E-state index in [2.05, 4.69) is 0 Å². The van der Waals surface area contributed by atoms with E-state index in [4.69, 9.17) is 8.92 Å². The predicted molar refractivity (Wildman–Crippen MR) is 44.4 cm³/mol. The molecular weight excluding hydrogens is 180 g/mol. The molecule has 0 unspecified atom stereocenters. The molecule has 0 aromatic carbocycles. The van der Waals surface area contributed by atoms with Crippen molar-refractivity contribution in [2.75, 3.05) is 12.9 Å². The first-order chi connectivity index (χ1) is 5.51. The van der Waals surface area contributed by atoms with E-state index in [0.717, 1.165) is 6.26 Å². The van der Waals surface area contributed by atoms with E-state index in [1.54, 1.807) is 0 Å². The van der Waals surface area contributed by atoms with E-state index >= 15 is 0 Å². The minimum absolute atomic E-state index is 0.156. The summed E-state index contributed by atoms with van der Waals surface area (Å²) >= 11 is 0. The highest BCUT2D eigenvalue weighted by Gasteiger charge is 2.32. The Hall–Kier alpha value is -0.130. The zero-order valence-electron chi connectivity index (χ0n) is 7.32. The van der Waals surface area contributed by atoms with Gasteiger partial charge in [0.2, 0.25) is 0 Å². The van der Waals surface area contributed by atoms with E-state index in [0.29, 0.717) is 19.4 Å². The van der Waals surface area contributed by atoms with E-state index in [1.165, 1.54) is 0 Å². The minimum Gasteiger partial charge on any atom is -0.378 e. The van der Waals surface area contributed by atoms with Crippen molar-refractivity contribution in [2.24, 2.45) is 0 Å². The highest BCUT2D eigenvalue weighted by molar-refractivity contribution is 7.86. The van der Waals surface area contributed by atoms with Gasteiger partial charge in [-0.15, -0.1) is 0 Å². The zero-order chi connectivity index (χ0) is 9.19. The van der Waals surface area contributed by atoms with Gasteiger partial charge in [0, 0.05) is 19.4 Å². The molecular formula is C7H14O4S. The van der Waals surface area contributed by atoms with Gasteiger partial charge in [0.15, 0.2) is 0 Å². The van der Waals surface area contributed by atoms with Gasteiger partial charge in [-0.1, -0.05) is 0 Å². The first kappa shape index (κ1) is 9.95. The second-order valence-corrected chi connectivity index (χ2v) is 4.57. The van der Waals surface area contributed by atoms with Crippen LogP contribution in [0.4, 0.5) is 0 Å². The number of rotatable bonds is 4. The van der Waals surface area contributed by atoms with E-state index in [9.17, 15) is 8.42 Å². The minimum atomic E-state index is -3.28. The molecule has 1 fully saturated rings. The largest absolute Gasteiger partial charge is 0.378 e. The quantitative estimate of drug-likeness (QED) is 0.613. The lowest BCUT2D eigenvalue weighted by molar-refractivity contribution is -0.0538. The Labute approximate surface area is 73.0 Å². The summed E-state index contributed by atoms with van der Waals surface area (Å²) in [5.41, 5.74) is 0. The van der Waals surface area contributed by atoms with Crippen molar-refractivity contribution < 1.29 is 17.3 Å². The third-order valence-corrected chi connectivity index (χ3v) is 2.39. The fourth-order valence-electron chi connectivity index (χ4n) is 1.21. The maximum absolute atomic E-state index is 10.6. The summed E-state index contributed by atoms with van der Waals surface area (Å²) in [6, 6.07) is 0. The highest BCUT2D eigenvalue weighted by atomic mass is 32.2. The molecule has 0 amide bonds. The molecule has 0 N–H and O–H groups in total. The van der Waals surface area contributed by atoms with Gasteiger partial charge in [0.25, 0.3) is 10.1 Å². The Bertz CT molecular complexity index is 228. The second-order valence-electron chi connectivity index (χ2n) is 2.97. The fraction of sp³-hybridized carbons (Fsp3) is 1.00. The Morgan fingerprint density at radius 2 is 1.92 bits per heavy atom. The summed E-state index contributed by atoms with van der Waals surface area (Å²) < 4.78 is 31.3. The van der Waals surface area contributed by atoms with Gasteiger partial charge in [0.1, 0.15) is 0 Å². The van der Waals surface area contributed by atoms with Gasteiger partial charge in [-0.2, -0.15) is 8.42 Å². The van der Waals surface area contributed by atoms with Crippen LogP contribution in [0.2, 0.25) is 0 Å². The summed E-state index contributed by atoms with van der Waals surface area (Å²) in [6.45, 7) is 2.60. The first-order valence-electron chi connectivity index (χ1n) is 4.01. The van der Waals surface area contributed by atoms with Crippen molar-refractivity contribution in [3.8, 4) is 0 Å². The monoisotopic (exact) mass is 194 g/mol. The van der Waals surface area contributed by atoms with Crippen LogP contribution in [0.25, 0.3) is 0 Å². The molecule has 1 aliphatic rings. The van der Waals surface area contributed by atoms with Crippen molar-refractivity contribution in [3.05, 3.63) is 0 Å². The second kappa shape index (κ2) is 3.72. The molecule has 0 aromatic rings. The average molecular weight is 194 g/mol. The Morgan fingerprint density at radius 1 is 1.33 bits per heavy atom. The molecule has 0 bridgehead atoms. The predicted octanol–water partition coefficient (Wildman–Crippen LogP) is 0.530. The first-order valence-corrected chi connectivity index (χ1v) is 5.82. The molecule has 0 spiro atoms. The number of ether oxygens (including phenoxy) is 1. The topological polar surface area (TPSA) is 52.6 Å². The molecule has 0 aromatic heterocycles. The van der Waals surface area contributed by atoms with Crippen molar-refractivity contribution in [3.63, 3.8) is 0 Å². The van der Waals surface area contributed by atoms with Crippen LogP contribution in [0.15, 0.2) is 0 Å². The summed E-state index contributed by atoms with van der Waals surface area (Å²) in [5, 5.41) is 0. The molecule has 4 nitrogen and oxygen atoms in total. The molecule has 1 rings (SSSR count). The summed E-state index contributed by atoms with van der Waals surface area (Å²) in [6.07, 6.45) is 2.50. The molecule has 0 saturated heterocycles. The molecule has 1 aliphatic carbocycles. The third kappa shape index (κ3) is 3.08. The normalized spacial score (nSPS) is 29.8. The Balaban J connectivity index is 2.18. The van der Waals surface area contributed by atoms with Crippen LogP contribution < -0.4 is 0 Å². The lowest BCUT2D eigenvalue weighted by Gasteiger charge is -2.33. The van der Waals surface area contributed by atoms with Crippen LogP contribution in [0, 0.1) is 0 Å². The van der Waals surface area contributed by atoms with Gasteiger partial charge in [-0.25, -0.2) is 0 Å². The van der Waals surface area contributed by atoms with Gasteiger partial charge in [-0.3, -0.25) is 4.18 Å². The van der Waals surface area contributed by atoms with Crippen molar-refractivity contribution in [2.45, 2.75) is 32.0 Å². The van der Waals surface area contributed by atoms with Crippen LogP contribution in [-0.2, 0) is 19.0 Å². The maximum Gasteiger partial charge on any atom is 0.264 e. The fourth-order valence-corrected chi connectivity index (χ4v) is 1.87. The molecule has 0 radical (unpaired) electrons. The lowest BCUT2D eigenvalue weighted by atomic mass is 9.92. The molecule has 0 aliphatic heterocycles. The van der Waals surface area contributed by atoms with E-state index in [1.807, 2.05) is 6.92 Å². The van der Waals surface area contributed by atoms with Crippen LogP contribution in [0.1, 0.15) is 19.8 Å². The average Bonchev–Trinajstić information content (AvgIpc) is 1.80. The maximum atomic E-state index is 10.6. The molecule has 1 saturated carbocycles. The smallest absolute Gasteiger partial charge is 0.264 e. The Kier molecular flexibility index (Phi) is 3.09. The zero-order valence-corrected chi connectivity index (χ0v) is 8.13. The molecule has 72 valence electrons. The van der Waals surface area contributed by atoms with Crippen LogP contribution in [0.3, 0.4) is 0 Å². The highest BCUT2D eigenvalue weighted by Crippen LogP contribution is 2.27. The van der Waals surface area contributed by atoms with Gasteiger partial charge in [-0.05, 0) is 6.92 Å². The SMILES string of the molecule is CCOC1CC(OS(C)(=O)=O)C1. The van der Waals surface area contributed by atoms with Gasteiger partial charge < -0.3 is 4.74 Å². The van der Waals surface area contributed by atoms with E-state index in [-0.39, 0.29) is 12.2 Å². The number of hydrogen-bond acceptors (Lipinski definition) is 4. The van der Waals surface area contributed by atoms with Crippen molar-refractivity contribution in [1.29, 1.82) is 0 Å². The Morgan fingerprint density at radius 3 is 2.33 bits per heavy atom. The van der Waals surface area contributed by atoms with Crippen LogP contribution >= 0.6 is 0 Å². The van der Waals surface area contributed by atoms with Gasteiger partial charge in [0.05, 0.1) is 18.5 Å². The van der Waals surface area contributed by atoms with E-state index < -0.39 is 10.1 Å². The molecule has 0 atom stereocenters. The molecule has 5 heteroatoms. The van der Waals surface area contributed by atoms with Crippen LogP contribution in [-0.4, -0.2) is 33.5 Å². The van der Waals surface area contributed by atoms with Crippen molar-refractivity contribution in [1.82, 2.24) is 0 Å². The molecule has 12 heavy (non-hydrogen) atoms. The third-order valence-electron chi connectivity index (χ3n) is 1.76. The summed E-state index contributed by atoms with van der Waals surface area (Å²) in [7, 11) is -3.28. The summed E-state index contributed by atoms with van der Waals surface area (Å²) in [4.78, 5) is 0. The molecule has 0 heterocycles. The van der Waals surface area contributed by atoms with Gasteiger partial charge >= 0.3 is 0 Å². The lowest BCUT2D eigenvalue weighted by Crippen LogP contribution is -2.38.